The number of nitrogens with zero attached hydrogens (tertiary/aromatic N) is 7. The third-order valence-electron chi connectivity index (χ3n) is 7.13. The lowest BCUT2D eigenvalue weighted by molar-refractivity contribution is 0.167. The molecule has 6 aromatic rings. The zero-order valence-corrected chi connectivity index (χ0v) is 23.5. The standard InChI is InChI=1S/C29H27N9O3S/c1-37-11-9-31-26(37)22-13-18-14-33-29(35-19-4-6-20(7-5-19)41-21-3-2-8-30-15-21)36-25(18)38(28(22)39)16-23-24(40-17-34-23)27-32-10-12-42-27/h4-7,9-14,17,21,30H,2-3,8,15-16H2,1H3,(H,33,35,36). The van der Waals surface area contributed by atoms with Gasteiger partial charge in [0.25, 0.3) is 5.56 Å². The number of piperidine rings is 1. The molecule has 5 aromatic heterocycles. The van der Waals surface area contributed by atoms with Gasteiger partial charge in [-0.2, -0.15) is 4.98 Å². The van der Waals surface area contributed by atoms with Crippen molar-refractivity contribution in [2.75, 3.05) is 18.4 Å². The molecule has 212 valence electrons. The van der Waals surface area contributed by atoms with Crippen molar-refractivity contribution in [3.05, 3.63) is 82.9 Å². The Morgan fingerprint density at radius 1 is 1.17 bits per heavy atom. The molecule has 6 heterocycles. The molecule has 0 amide bonds. The molecule has 1 fully saturated rings. The monoisotopic (exact) mass is 581 g/mol. The lowest BCUT2D eigenvalue weighted by Gasteiger charge is -2.24. The van der Waals surface area contributed by atoms with Crippen molar-refractivity contribution in [3.8, 4) is 27.9 Å². The van der Waals surface area contributed by atoms with Gasteiger partial charge in [-0.1, -0.05) is 0 Å². The molecule has 1 aliphatic heterocycles. The van der Waals surface area contributed by atoms with Crippen molar-refractivity contribution in [2.45, 2.75) is 25.5 Å². The number of benzene rings is 1. The zero-order chi connectivity index (χ0) is 28.5. The molecule has 1 atom stereocenters. The number of nitrogens with one attached hydrogen (secondary N) is 2. The first kappa shape index (κ1) is 26.0. The number of thiazole rings is 1. The van der Waals surface area contributed by atoms with E-state index in [1.54, 1.807) is 40.0 Å². The normalized spacial score (nSPS) is 15.2. The van der Waals surface area contributed by atoms with E-state index < -0.39 is 0 Å². The Hall–Kier alpha value is -4.88. The van der Waals surface area contributed by atoms with E-state index in [9.17, 15) is 4.79 Å². The maximum atomic E-state index is 14.0. The minimum absolute atomic E-state index is 0.123. The molecule has 13 heteroatoms. The van der Waals surface area contributed by atoms with E-state index >= 15 is 0 Å². The van der Waals surface area contributed by atoms with Crippen LogP contribution in [0.15, 0.2) is 76.1 Å². The minimum Gasteiger partial charge on any atom is -0.489 e. The molecular formula is C29H27N9O3S. The average Bonchev–Trinajstić information content (AvgIpc) is 3.79. The van der Waals surface area contributed by atoms with E-state index in [1.165, 1.54) is 17.7 Å². The molecule has 0 spiro atoms. The Labute approximate surface area is 244 Å². The molecule has 1 aromatic carbocycles. The summed E-state index contributed by atoms with van der Waals surface area (Å²) in [6.07, 6.45) is 10.6. The Bertz CT molecular complexity index is 1890. The lowest BCUT2D eigenvalue weighted by Crippen LogP contribution is -2.37. The highest BCUT2D eigenvalue weighted by Gasteiger charge is 2.20. The SMILES string of the molecule is Cn1ccnc1-c1cc2cnc(Nc3ccc(OC4CCCNC4)cc3)nc2n(Cc2ncoc2-c2nccs2)c1=O. The van der Waals surface area contributed by atoms with Crippen molar-refractivity contribution in [1.82, 2.24) is 39.4 Å². The van der Waals surface area contributed by atoms with Crippen LogP contribution in [0.3, 0.4) is 0 Å². The number of rotatable bonds is 8. The Balaban J connectivity index is 1.24. The van der Waals surface area contributed by atoms with E-state index in [-0.39, 0.29) is 18.2 Å². The van der Waals surface area contributed by atoms with E-state index in [0.717, 1.165) is 37.4 Å². The molecule has 12 nitrogen and oxygen atoms in total. The number of aryl methyl sites for hydroxylation is 1. The second-order valence-electron chi connectivity index (χ2n) is 9.98. The van der Waals surface area contributed by atoms with Crippen LogP contribution in [0.1, 0.15) is 18.5 Å². The number of anilines is 2. The fourth-order valence-corrected chi connectivity index (χ4v) is 5.70. The summed E-state index contributed by atoms with van der Waals surface area (Å²) in [7, 11) is 1.85. The maximum absolute atomic E-state index is 14.0. The first-order valence-electron chi connectivity index (χ1n) is 13.6. The van der Waals surface area contributed by atoms with Gasteiger partial charge in [0.15, 0.2) is 17.2 Å². The molecule has 0 saturated carbocycles. The largest absolute Gasteiger partial charge is 0.489 e. The molecular weight excluding hydrogens is 554 g/mol. The van der Waals surface area contributed by atoms with Crippen LogP contribution in [0, 0.1) is 0 Å². The van der Waals surface area contributed by atoms with Gasteiger partial charge in [0.1, 0.15) is 29.0 Å². The van der Waals surface area contributed by atoms with E-state index in [2.05, 4.69) is 30.6 Å². The van der Waals surface area contributed by atoms with Crippen LogP contribution < -0.4 is 20.9 Å². The summed E-state index contributed by atoms with van der Waals surface area (Å²) in [4.78, 5) is 36.4. The number of aromatic nitrogens is 7. The average molecular weight is 582 g/mol. The second kappa shape index (κ2) is 11.2. The van der Waals surface area contributed by atoms with Crippen LogP contribution in [-0.4, -0.2) is 53.2 Å². The number of ether oxygens (including phenoxy) is 1. The predicted molar refractivity (Wildman–Crippen MR) is 159 cm³/mol. The minimum atomic E-state index is -0.256. The molecule has 1 aliphatic rings. The maximum Gasteiger partial charge on any atom is 0.263 e. The molecule has 1 unspecified atom stereocenters. The third-order valence-corrected chi connectivity index (χ3v) is 7.90. The number of fused-ring (bicyclic) bond motifs is 1. The first-order chi connectivity index (χ1) is 20.6. The topological polar surface area (TPSA) is 138 Å². The molecule has 0 bridgehead atoms. The van der Waals surface area contributed by atoms with Crippen LogP contribution in [-0.2, 0) is 13.6 Å². The van der Waals surface area contributed by atoms with Crippen LogP contribution in [0.4, 0.5) is 11.6 Å². The van der Waals surface area contributed by atoms with Crippen LogP contribution >= 0.6 is 11.3 Å². The predicted octanol–water partition coefficient (Wildman–Crippen LogP) is 4.23. The summed E-state index contributed by atoms with van der Waals surface area (Å²) in [5.74, 6) is 2.23. The second-order valence-corrected chi connectivity index (χ2v) is 10.9. The van der Waals surface area contributed by atoms with Gasteiger partial charge in [-0.05, 0) is 49.7 Å². The number of pyridine rings is 1. The number of oxazole rings is 1. The highest BCUT2D eigenvalue weighted by Crippen LogP contribution is 2.27. The number of hydrogen-bond acceptors (Lipinski definition) is 11. The summed E-state index contributed by atoms with van der Waals surface area (Å²) in [5, 5.41) is 9.85. The van der Waals surface area contributed by atoms with E-state index in [1.807, 2.05) is 36.7 Å². The van der Waals surface area contributed by atoms with E-state index in [4.69, 9.17) is 14.1 Å². The molecule has 1 saturated heterocycles. The smallest absolute Gasteiger partial charge is 0.263 e. The van der Waals surface area contributed by atoms with Crippen molar-refractivity contribution in [3.63, 3.8) is 0 Å². The molecule has 2 N–H and O–H groups in total. The van der Waals surface area contributed by atoms with Crippen molar-refractivity contribution < 1.29 is 9.15 Å². The summed E-state index contributed by atoms with van der Waals surface area (Å²) in [6, 6.07) is 9.48. The molecule has 42 heavy (non-hydrogen) atoms. The van der Waals surface area contributed by atoms with Crippen molar-refractivity contribution in [1.29, 1.82) is 0 Å². The first-order valence-corrected chi connectivity index (χ1v) is 14.5. The highest BCUT2D eigenvalue weighted by atomic mass is 32.1. The number of hydrogen-bond donors (Lipinski definition) is 2. The van der Waals surface area contributed by atoms with Gasteiger partial charge >= 0.3 is 0 Å². The fraction of sp³-hybridized carbons (Fsp3) is 0.241. The van der Waals surface area contributed by atoms with Crippen LogP contribution in [0.5, 0.6) is 5.75 Å². The van der Waals surface area contributed by atoms with Gasteiger partial charge < -0.3 is 24.4 Å². The number of imidazole rings is 1. The highest BCUT2D eigenvalue weighted by molar-refractivity contribution is 7.13. The molecule has 7 rings (SSSR count). The van der Waals surface area contributed by atoms with Gasteiger partial charge in [0.05, 0.1) is 12.1 Å². The Morgan fingerprint density at radius 2 is 2.07 bits per heavy atom. The van der Waals surface area contributed by atoms with Gasteiger partial charge in [0.2, 0.25) is 5.95 Å². The van der Waals surface area contributed by atoms with Gasteiger partial charge in [0, 0.05) is 54.8 Å². The van der Waals surface area contributed by atoms with Gasteiger partial charge in [-0.15, -0.1) is 11.3 Å². The summed E-state index contributed by atoms with van der Waals surface area (Å²) >= 11 is 1.44. The summed E-state index contributed by atoms with van der Waals surface area (Å²) in [5.41, 5.74) is 2.00. The third kappa shape index (κ3) is 5.15. The van der Waals surface area contributed by atoms with Crippen LogP contribution in [0.25, 0.3) is 33.2 Å². The van der Waals surface area contributed by atoms with Crippen molar-refractivity contribution in [2.24, 2.45) is 7.05 Å². The fourth-order valence-electron chi connectivity index (χ4n) is 5.05. The van der Waals surface area contributed by atoms with Gasteiger partial charge in [-0.25, -0.2) is 19.9 Å². The molecule has 0 radical (unpaired) electrons. The Kier molecular flexibility index (Phi) is 6.93. The van der Waals surface area contributed by atoms with E-state index in [0.29, 0.717) is 44.8 Å². The zero-order valence-electron chi connectivity index (χ0n) is 22.7. The van der Waals surface area contributed by atoms with Crippen LogP contribution in [0.2, 0.25) is 0 Å². The summed E-state index contributed by atoms with van der Waals surface area (Å²) < 4.78 is 15.1. The lowest BCUT2D eigenvalue weighted by atomic mass is 10.1. The quantitative estimate of drug-likeness (QED) is 0.269. The van der Waals surface area contributed by atoms with Gasteiger partial charge in [-0.3, -0.25) is 9.36 Å². The van der Waals surface area contributed by atoms with Crippen molar-refractivity contribution >= 4 is 34.0 Å². The summed E-state index contributed by atoms with van der Waals surface area (Å²) in [6.45, 7) is 2.02. The Morgan fingerprint density at radius 3 is 2.83 bits per heavy atom. The molecule has 0 aliphatic carbocycles.